The Labute approximate surface area is 102 Å². The van der Waals surface area contributed by atoms with Gasteiger partial charge in [0, 0.05) is 11.3 Å². The summed E-state index contributed by atoms with van der Waals surface area (Å²) in [6.07, 6.45) is 1.26. The topological polar surface area (TPSA) is 75.6 Å². The zero-order valence-corrected chi connectivity index (χ0v) is 10.2. The Kier molecular flexibility index (Phi) is 3.33. The third-order valence-corrected chi connectivity index (χ3v) is 3.56. The second-order valence-electron chi connectivity index (χ2n) is 3.97. The second-order valence-corrected chi connectivity index (χ2v) is 5.23. The Morgan fingerprint density at radius 1 is 1.71 bits per heavy atom. The first kappa shape index (κ1) is 11.9. The van der Waals surface area contributed by atoms with Crippen LogP contribution in [0.2, 0.25) is 0 Å². The molecule has 6 heteroatoms. The summed E-state index contributed by atoms with van der Waals surface area (Å²) < 4.78 is 5.47. The molecular weight excluding hydrogens is 242 g/mol. The largest absolute Gasteiger partial charge is 0.490 e. The molecule has 1 aromatic rings. The first-order chi connectivity index (χ1) is 8.06. The summed E-state index contributed by atoms with van der Waals surface area (Å²) in [5.74, 6) is -0.562. The number of amides is 1. The van der Waals surface area contributed by atoms with E-state index in [1.807, 2.05) is 6.92 Å². The van der Waals surface area contributed by atoms with Gasteiger partial charge in [-0.1, -0.05) is 0 Å². The third kappa shape index (κ3) is 2.76. The Morgan fingerprint density at radius 3 is 3.06 bits per heavy atom. The number of aryl methyl sites for hydroxylation is 1. The Morgan fingerprint density at radius 2 is 2.47 bits per heavy atom. The van der Waals surface area contributed by atoms with Gasteiger partial charge in [-0.15, -0.1) is 11.3 Å². The van der Waals surface area contributed by atoms with E-state index in [0.29, 0.717) is 18.8 Å². The maximum Gasteiger partial charge on any atom is 0.349 e. The molecule has 1 atom stereocenters. The normalized spacial score (nSPS) is 19.1. The molecule has 1 aromatic heterocycles. The summed E-state index contributed by atoms with van der Waals surface area (Å²) in [6, 6.07) is 1.70. The van der Waals surface area contributed by atoms with E-state index in [1.165, 1.54) is 11.3 Å². The van der Waals surface area contributed by atoms with Gasteiger partial charge in [0.1, 0.15) is 12.4 Å². The van der Waals surface area contributed by atoms with Crippen LogP contribution in [-0.2, 0) is 4.79 Å². The minimum absolute atomic E-state index is 0.00986. The van der Waals surface area contributed by atoms with Crippen LogP contribution >= 0.6 is 11.3 Å². The van der Waals surface area contributed by atoms with Crippen LogP contribution in [0.1, 0.15) is 27.4 Å². The van der Waals surface area contributed by atoms with Crippen LogP contribution in [0.15, 0.2) is 6.07 Å². The van der Waals surface area contributed by atoms with Crippen LogP contribution in [0.4, 0.5) is 0 Å². The van der Waals surface area contributed by atoms with Crippen LogP contribution < -0.4 is 10.1 Å². The van der Waals surface area contributed by atoms with Gasteiger partial charge < -0.3 is 15.2 Å². The monoisotopic (exact) mass is 255 g/mol. The fourth-order valence-electron chi connectivity index (χ4n) is 1.74. The zero-order valence-electron chi connectivity index (χ0n) is 9.36. The van der Waals surface area contributed by atoms with Gasteiger partial charge in [-0.2, -0.15) is 0 Å². The molecule has 0 saturated carbocycles. The number of hydrogen-bond acceptors (Lipinski definition) is 4. The smallest absolute Gasteiger partial charge is 0.349 e. The number of thiophene rings is 1. The molecule has 0 aliphatic carbocycles. The summed E-state index contributed by atoms with van der Waals surface area (Å²) in [6.45, 7) is 2.16. The summed E-state index contributed by atoms with van der Waals surface area (Å²) in [4.78, 5) is 23.0. The van der Waals surface area contributed by atoms with Crippen molar-refractivity contribution in [2.45, 2.75) is 25.8 Å². The molecule has 2 N–H and O–H groups in total. The van der Waals surface area contributed by atoms with Crippen LogP contribution in [0.5, 0.6) is 5.75 Å². The van der Waals surface area contributed by atoms with Crippen molar-refractivity contribution < 1.29 is 19.4 Å². The molecule has 2 heterocycles. The molecule has 0 aromatic carbocycles. The molecular formula is C11H13NO4S. The molecule has 1 fully saturated rings. The van der Waals surface area contributed by atoms with E-state index in [0.717, 1.165) is 11.3 Å². The van der Waals surface area contributed by atoms with Gasteiger partial charge in [0.05, 0.1) is 6.04 Å². The fraction of sp³-hybridized carbons (Fsp3) is 0.455. The highest BCUT2D eigenvalue weighted by Crippen LogP contribution is 2.29. The van der Waals surface area contributed by atoms with Crippen molar-refractivity contribution in [3.05, 3.63) is 15.8 Å². The second kappa shape index (κ2) is 4.75. The SMILES string of the molecule is Cc1cc(OCC2CCC(=O)N2)c(C(=O)O)s1. The zero-order chi connectivity index (χ0) is 12.4. The lowest BCUT2D eigenvalue weighted by Gasteiger charge is -2.11. The van der Waals surface area contributed by atoms with E-state index in [-0.39, 0.29) is 16.8 Å². The number of hydrogen-bond donors (Lipinski definition) is 2. The van der Waals surface area contributed by atoms with Crippen LogP contribution in [0.3, 0.4) is 0 Å². The quantitative estimate of drug-likeness (QED) is 0.853. The molecule has 1 amide bonds. The molecule has 0 bridgehead atoms. The molecule has 17 heavy (non-hydrogen) atoms. The summed E-state index contributed by atoms with van der Waals surface area (Å²) in [7, 11) is 0. The number of aromatic carboxylic acids is 1. The fourth-order valence-corrected chi connectivity index (χ4v) is 2.53. The van der Waals surface area contributed by atoms with E-state index < -0.39 is 5.97 Å². The van der Waals surface area contributed by atoms with Crippen molar-refractivity contribution in [1.29, 1.82) is 0 Å². The van der Waals surface area contributed by atoms with Crippen molar-refractivity contribution in [3.8, 4) is 5.75 Å². The van der Waals surface area contributed by atoms with Gasteiger partial charge in [-0.3, -0.25) is 4.79 Å². The van der Waals surface area contributed by atoms with Gasteiger partial charge in [0.15, 0.2) is 4.88 Å². The molecule has 92 valence electrons. The van der Waals surface area contributed by atoms with Crippen molar-refractivity contribution in [2.24, 2.45) is 0 Å². The van der Waals surface area contributed by atoms with Crippen LogP contribution in [0.25, 0.3) is 0 Å². The minimum Gasteiger partial charge on any atom is -0.490 e. The lowest BCUT2D eigenvalue weighted by atomic mass is 10.2. The van der Waals surface area contributed by atoms with Gasteiger partial charge in [-0.25, -0.2) is 4.79 Å². The predicted octanol–water partition coefficient (Wildman–Crippen LogP) is 1.41. The van der Waals surface area contributed by atoms with Crippen molar-refractivity contribution >= 4 is 23.2 Å². The van der Waals surface area contributed by atoms with E-state index in [4.69, 9.17) is 9.84 Å². The Hall–Kier alpha value is -1.56. The number of ether oxygens (including phenoxy) is 1. The lowest BCUT2D eigenvalue weighted by Crippen LogP contribution is -2.31. The van der Waals surface area contributed by atoms with Gasteiger partial charge in [0.25, 0.3) is 0 Å². The Balaban J connectivity index is 1.99. The molecule has 1 saturated heterocycles. The maximum atomic E-state index is 11.0. The number of carboxylic acids is 1. The summed E-state index contributed by atoms with van der Waals surface area (Å²) in [5.41, 5.74) is 0. The van der Waals surface area contributed by atoms with Crippen molar-refractivity contribution in [2.75, 3.05) is 6.61 Å². The molecule has 0 radical (unpaired) electrons. The molecule has 1 aliphatic heterocycles. The average molecular weight is 255 g/mol. The molecule has 1 aliphatic rings. The lowest BCUT2D eigenvalue weighted by molar-refractivity contribution is -0.119. The van der Waals surface area contributed by atoms with E-state index in [1.54, 1.807) is 6.07 Å². The van der Waals surface area contributed by atoms with Crippen LogP contribution in [-0.4, -0.2) is 29.6 Å². The molecule has 5 nitrogen and oxygen atoms in total. The number of rotatable bonds is 4. The first-order valence-corrected chi connectivity index (χ1v) is 6.14. The number of carboxylic acid groups (broad SMARTS) is 1. The standard InChI is InChI=1S/C11H13NO4S/c1-6-4-8(10(17-6)11(14)15)16-5-7-2-3-9(13)12-7/h4,7H,2-3,5H2,1H3,(H,12,13)(H,14,15). The van der Waals surface area contributed by atoms with E-state index >= 15 is 0 Å². The van der Waals surface area contributed by atoms with Crippen molar-refractivity contribution in [1.82, 2.24) is 5.32 Å². The van der Waals surface area contributed by atoms with Gasteiger partial charge >= 0.3 is 5.97 Å². The minimum atomic E-state index is -0.978. The highest BCUT2D eigenvalue weighted by Gasteiger charge is 2.22. The predicted molar refractivity (Wildman–Crippen MR) is 62.7 cm³/mol. The summed E-state index contributed by atoms with van der Waals surface area (Å²) >= 11 is 1.19. The maximum absolute atomic E-state index is 11.0. The molecule has 1 unspecified atom stereocenters. The van der Waals surface area contributed by atoms with Crippen molar-refractivity contribution in [3.63, 3.8) is 0 Å². The highest BCUT2D eigenvalue weighted by atomic mass is 32.1. The Bertz CT molecular complexity index is 454. The molecule has 2 rings (SSSR count). The number of nitrogens with one attached hydrogen (secondary N) is 1. The highest BCUT2D eigenvalue weighted by molar-refractivity contribution is 7.14. The molecule has 0 spiro atoms. The first-order valence-electron chi connectivity index (χ1n) is 5.32. The number of carbonyl (C=O) groups is 2. The summed E-state index contributed by atoms with van der Waals surface area (Å²) in [5, 5.41) is 11.7. The number of carbonyl (C=O) groups excluding carboxylic acids is 1. The van der Waals surface area contributed by atoms with Crippen LogP contribution in [0, 0.1) is 6.92 Å². The van der Waals surface area contributed by atoms with Gasteiger partial charge in [0.2, 0.25) is 5.91 Å². The van der Waals surface area contributed by atoms with E-state index in [9.17, 15) is 9.59 Å². The van der Waals surface area contributed by atoms with Gasteiger partial charge in [-0.05, 0) is 19.4 Å². The van der Waals surface area contributed by atoms with E-state index in [2.05, 4.69) is 5.32 Å². The third-order valence-electron chi connectivity index (χ3n) is 2.54. The average Bonchev–Trinajstić information content (AvgIpc) is 2.82.